The number of nitrogens with one attached hydrogen (secondary N) is 1. The molecule has 8 nitrogen and oxygen atoms in total. The van der Waals surface area contributed by atoms with Crippen molar-refractivity contribution in [3.05, 3.63) is 70.6 Å². The Kier molecular flexibility index (Phi) is 5.88. The molecule has 3 aromatic rings. The summed E-state index contributed by atoms with van der Waals surface area (Å²) in [5.41, 5.74) is 3.68. The summed E-state index contributed by atoms with van der Waals surface area (Å²) in [6, 6.07) is 12.0. The highest BCUT2D eigenvalue weighted by Crippen LogP contribution is 2.21. The Hall–Kier alpha value is -3.04. The Morgan fingerprint density at radius 1 is 1.06 bits per heavy atom. The van der Waals surface area contributed by atoms with Crippen molar-refractivity contribution in [3.63, 3.8) is 0 Å². The number of aryl methyl sites for hydroxylation is 2. The lowest BCUT2D eigenvalue weighted by Crippen LogP contribution is -2.27. The average Bonchev–Trinajstić information content (AvgIpc) is 3.43. The van der Waals surface area contributed by atoms with Crippen LogP contribution < -0.4 is 5.32 Å². The number of carbonyl (C=O) groups excluding carboxylic acids is 1. The van der Waals surface area contributed by atoms with Crippen molar-refractivity contribution in [1.82, 2.24) is 14.5 Å². The van der Waals surface area contributed by atoms with Gasteiger partial charge in [0, 0.05) is 18.7 Å². The Bertz CT molecular complexity index is 1200. The minimum absolute atomic E-state index is 0.00136. The topological polar surface area (TPSA) is 105 Å². The Labute approximate surface area is 181 Å². The van der Waals surface area contributed by atoms with Gasteiger partial charge in [0.15, 0.2) is 0 Å². The summed E-state index contributed by atoms with van der Waals surface area (Å²) in [7, 11) is -3.51. The van der Waals surface area contributed by atoms with Crippen molar-refractivity contribution in [2.24, 2.45) is 0 Å². The van der Waals surface area contributed by atoms with Crippen LogP contribution in [0.5, 0.6) is 0 Å². The number of nitrogens with zero attached hydrogens (tertiary/aromatic N) is 3. The maximum atomic E-state index is 12.6. The van der Waals surface area contributed by atoms with Crippen molar-refractivity contribution in [2.75, 3.05) is 18.4 Å². The van der Waals surface area contributed by atoms with Gasteiger partial charge in [-0.2, -0.15) is 4.31 Å². The number of anilines is 1. The molecule has 31 heavy (non-hydrogen) atoms. The molecular weight excluding hydrogens is 416 g/mol. The second kappa shape index (κ2) is 8.60. The van der Waals surface area contributed by atoms with Crippen molar-refractivity contribution < 1.29 is 17.6 Å². The third kappa shape index (κ3) is 4.67. The number of amides is 1. The van der Waals surface area contributed by atoms with E-state index in [4.69, 9.17) is 4.42 Å². The highest BCUT2D eigenvalue weighted by atomic mass is 32.2. The number of hydrogen-bond donors (Lipinski definition) is 1. The molecular formula is C22H24N4O4S. The Morgan fingerprint density at radius 2 is 1.77 bits per heavy atom. The van der Waals surface area contributed by atoms with Gasteiger partial charge in [-0.15, -0.1) is 5.10 Å². The zero-order chi connectivity index (χ0) is 22.0. The van der Waals surface area contributed by atoms with Gasteiger partial charge in [0.2, 0.25) is 15.9 Å². The molecule has 2 heterocycles. The van der Waals surface area contributed by atoms with Crippen LogP contribution in [0.25, 0.3) is 0 Å². The van der Waals surface area contributed by atoms with E-state index in [1.165, 1.54) is 34.1 Å². The van der Waals surface area contributed by atoms with E-state index in [9.17, 15) is 13.2 Å². The molecule has 0 saturated carbocycles. The number of rotatable bonds is 6. The van der Waals surface area contributed by atoms with Crippen LogP contribution in [0.1, 0.15) is 45.8 Å². The highest BCUT2D eigenvalue weighted by Gasteiger charge is 2.27. The van der Waals surface area contributed by atoms with Gasteiger partial charge in [-0.3, -0.25) is 10.1 Å². The minimum Gasteiger partial charge on any atom is -0.407 e. The predicted octanol–water partition coefficient (Wildman–Crippen LogP) is 3.31. The molecule has 162 valence electrons. The largest absolute Gasteiger partial charge is 0.407 e. The van der Waals surface area contributed by atoms with E-state index >= 15 is 0 Å². The third-order valence-corrected chi connectivity index (χ3v) is 7.26. The van der Waals surface area contributed by atoms with Crippen LogP contribution in [0.2, 0.25) is 0 Å². The lowest BCUT2D eigenvalue weighted by Gasteiger charge is -2.15. The maximum Gasteiger partial charge on any atom is 0.322 e. The van der Waals surface area contributed by atoms with Crippen LogP contribution in [0.4, 0.5) is 6.01 Å². The second-order valence-electron chi connectivity index (χ2n) is 7.70. The first kappa shape index (κ1) is 21.2. The standard InChI is InChI=1S/C22H24N4O4S/c1-15-5-6-18(16(2)13-15)14-20-24-25-22(30-20)23-21(27)17-7-9-19(10-8-17)31(28,29)26-11-3-4-12-26/h5-10,13H,3-4,11-12,14H2,1-2H3,(H,23,25,27). The average molecular weight is 441 g/mol. The van der Waals surface area contributed by atoms with Gasteiger partial charge in [-0.1, -0.05) is 28.9 Å². The van der Waals surface area contributed by atoms with Crippen LogP contribution in [0.15, 0.2) is 51.8 Å². The van der Waals surface area contributed by atoms with Gasteiger partial charge in [-0.25, -0.2) is 8.42 Å². The molecule has 0 bridgehead atoms. The number of hydrogen-bond acceptors (Lipinski definition) is 6. The molecule has 1 aromatic heterocycles. The van der Waals surface area contributed by atoms with Gasteiger partial charge in [0.1, 0.15) is 0 Å². The number of carbonyl (C=O) groups is 1. The van der Waals surface area contributed by atoms with Crippen LogP contribution in [-0.2, 0) is 16.4 Å². The number of sulfonamides is 1. The lowest BCUT2D eigenvalue weighted by atomic mass is 10.0. The van der Waals surface area contributed by atoms with Gasteiger partial charge >= 0.3 is 6.01 Å². The Balaban J connectivity index is 1.42. The van der Waals surface area contributed by atoms with Gasteiger partial charge in [0.05, 0.1) is 11.3 Å². The van der Waals surface area contributed by atoms with Crippen molar-refractivity contribution in [3.8, 4) is 0 Å². The fourth-order valence-electron chi connectivity index (χ4n) is 3.61. The van der Waals surface area contributed by atoms with Gasteiger partial charge < -0.3 is 4.42 Å². The Morgan fingerprint density at radius 3 is 2.45 bits per heavy atom. The molecule has 1 amide bonds. The van der Waals surface area contributed by atoms with Gasteiger partial charge in [-0.05, 0) is 62.1 Å². The predicted molar refractivity (Wildman–Crippen MR) is 115 cm³/mol. The first-order valence-electron chi connectivity index (χ1n) is 10.1. The maximum absolute atomic E-state index is 12.6. The van der Waals surface area contributed by atoms with Gasteiger partial charge in [0.25, 0.3) is 5.91 Å². The summed E-state index contributed by atoms with van der Waals surface area (Å²) in [4.78, 5) is 12.7. The normalized spacial score (nSPS) is 14.6. The quantitative estimate of drug-likeness (QED) is 0.630. The molecule has 1 aliphatic heterocycles. The summed E-state index contributed by atoms with van der Waals surface area (Å²) >= 11 is 0. The van der Waals surface area contributed by atoms with E-state index in [0.29, 0.717) is 31.0 Å². The van der Waals surface area contributed by atoms with E-state index in [2.05, 4.69) is 21.6 Å². The molecule has 1 N–H and O–H groups in total. The molecule has 1 aliphatic rings. The second-order valence-corrected chi connectivity index (χ2v) is 9.64. The van der Waals surface area contributed by atoms with E-state index < -0.39 is 15.9 Å². The zero-order valence-corrected chi connectivity index (χ0v) is 18.3. The first-order valence-corrected chi connectivity index (χ1v) is 11.6. The van der Waals surface area contributed by atoms with Crippen LogP contribution >= 0.6 is 0 Å². The smallest absolute Gasteiger partial charge is 0.322 e. The molecule has 0 unspecified atom stereocenters. The zero-order valence-electron chi connectivity index (χ0n) is 17.5. The lowest BCUT2D eigenvalue weighted by molar-refractivity contribution is 0.102. The molecule has 0 radical (unpaired) electrons. The molecule has 1 saturated heterocycles. The van der Waals surface area contributed by atoms with E-state index in [0.717, 1.165) is 24.0 Å². The first-order chi connectivity index (χ1) is 14.8. The number of aromatic nitrogens is 2. The summed E-state index contributed by atoms with van der Waals surface area (Å²) in [5.74, 6) is -0.0545. The SMILES string of the molecule is Cc1ccc(Cc2nnc(NC(=O)c3ccc(S(=O)(=O)N4CCCC4)cc3)o2)c(C)c1. The fourth-order valence-corrected chi connectivity index (χ4v) is 5.12. The highest BCUT2D eigenvalue weighted by molar-refractivity contribution is 7.89. The molecule has 4 rings (SSSR count). The van der Waals surface area contributed by atoms with Crippen molar-refractivity contribution >= 4 is 21.9 Å². The van der Waals surface area contributed by atoms with E-state index in [1.807, 2.05) is 26.0 Å². The van der Waals surface area contributed by atoms with Crippen LogP contribution in [0.3, 0.4) is 0 Å². The molecule has 0 atom stereocenters. The molecule has 1 fully saturated rings. The summed E-state index contributed by atoms with van der Waals surface area (Å²) < 4.78 is 32.2. The van der Waals surface area contributed by atoms with Crippen molar-refractivity contribution in [2.45, 2.75) is 38.0 Å². The van der Waals surface area contributed by atoms with Crippen molar-refractivity contribution in [1.29, 1.82) is 0 Å². The van der Waals surface area contributed by atoms with Crippen LogP contribution in [-0.4, -0.2) is 41.9 Å². The minimum atomic E-state index is -3.51. The molecule has 2 aromatic carbocycles. The van der Waals surface area contributed by atoms with E-state index in [-0.39, 0.29) is 10.9 Å². The summed E-state index contributed by atoms with van der Waals surface area (Å²) in [6.45, 7) is 5.12. The fraction of sp³-hybridized carbons (Fsp3) is 0.318. The molecule has 9 heteroatoms. The monoisotopic (exact) mass is 440 g/mol. The summed E-state index contributed by atoms with van der Waals surface area (Å²) in [6.07, 6.45) is 2.21. The molecule has 0 aliphatic carbocycles. The molecule has 0 spiro atoms. The van der Waals surface area contributed by atoms with E-state index in [1.54, 1.807) is 0 Å². The number of benzene rings is 2. The third-order valence-electron chi connectivity index (χ3n) is 5.35. The summed E-state index contributed by atoms with van der Waals surface area (Å²) in [5, 5.41) is 10.4. The van der Waals surface area contributed by atoms with Crippen LogP contribution in [0, 0.1) is 13.8 Å².